The van der Waals surface area contributed by atoms with Crippen molar-refractivity contribution in [3.8, 4) is 11.4 Å². The number of nitrogens with one attached hydrogen (secondary N) is 3. The number of carbonyl (C=O) groups is 1. The van der Waals surface area contributed by atoms with Crippen LogP contribution in [0.15, 0.2) is 36.7 Å². The van der Waals surface area contributed by atoms with Gasteiger partial charge < -0.3 is 15.6 Å². The lowest BCUT2D eigenvalue weighted by molar-refractivity contribution is -0.119. The third-order valence-electron chi connectivity index (χ3n) is 2.88. The largest absolute Gasteiger partial charge is 0.345 e. The van der Waals surface area contributed by atoms with Crippen molar-refractivity contribution in [1.82, 2.24) is 15.3 Å². The van der Waals surface area contributed by atoms with E-state index in [1.165, 1.54) is 0 Å². The Morgan fingerprint density at radius 2 is 2.11 bits per heavy atom. The molecule has 1 heterocycles. The predicted octanol–water partition coefficient (Wildman–Crippen LogP) is 1.87. The van der Waals surface area contributed by atoms with Gasteiger partial charge in [-0.15, -0.1) is 0 Å². The van der Waals surface area contributed by atoms with Crippen LogP contribution in [0.5, 0.6) is 0 Å². The summed E-state index contributed by atoms with van der Waals surface area (Å²) in [7, 11) is 1.84. The van der Waals surface area contributed by atoms with E-state index in [4.69, 9.17) is 0 Å². The number of hydrogen-bond donors (Lipinski definition) is 3. The summed E-state index contributed by atoms with van der Waals surface area (Å²) < 4.78 is 0. The second-order valence-corrected chi connectivity index (χ2v) is 4.46. The molecule has 0 fully saturated rings. The average Bonchev–Trinajstić information content (AvgIpc) is 2.94. The molecular formula is C14H18N4O. The molecule has 1 amide bonds. The zero-order chi connectivity index (χ0) is 13.7. The van der Waals surface area contributed by atoms with E-state index in [-0.39, 0.29) is 11.8 Å². The van der Waals surface area contributed by atoms with Crippen LogP contribution in [0.25, 0.3) is 11.4 Å². The predicted molar refractivity (Wildman–Crippen MR) is 75.7 cm³/mol. The molecule has 3 N–H and O–H groups in total. The minimum absolute atomic E-state index is 0.0140. The molecule has 0 spiro atoms. The molecule has 0 aliphatic heterocycles. The number of amides is 1. The standard InChI is InChI=1S/C14H18N4O/c1-10(9-15-2)14(19)18-12-5-3-11(4-6-12)13-16-7-8-17-13/h3-8,10,15H,9H2,1-2H3,(H,16,17)(H,18,19). The molecule has 2 rings (SSSR count). The van der Waals surface area contributed by atoms with Crippen molar-refractivity contribution in [2.24, 2.45) is 5.92 Å². The summed E-state index contributed by atoms with van der Waals surface area (Å²) in [4.78, 5) is 19.1. The number of imidazole rings is 1. The summed E-state index contributed by atoms with van der Waals surface area (Å²) in [6.45, 7) is 2.55. The molecule has 5 heteroatoms. The van der Waals surface area contributed by atoms with Crippen LogP contribution in [0.4, 0.5) is 5.69 Å². The Morgan fingerprint density at radius 3 is 2.68 bits per heavy atom. The minimum Gasteiger partial charge on any atom is -0.345 e. The van der Waals surface area contributed by atoms with Crippen LogP contribution in [0.3, 0.4) is 0 Å². The number of nitrogens with zero attached hydrogens (tertiary/aromatic N) is 1. The molecule has 0 radical (unpaired) electrons. The SMILES string of the molecule is CNCC(C)C(=O)Nc1ccc(-c2ncc[nH]2)cc1. The highest BCUT2D eigenvalue weighted by molar-refractivity contribution is 5.92. The maximum Gasteiger partial charge on any atom is 0.228 e. The summed E-state index contributed by atoms with van der Waals surface area (Å²) in [6.07, 6.45) is 3.49. The van der Waals surface area contributed by atoms with E-state index in [1.807, 2.05) is 38.2 Å². The first-order valence-electron chi connectivity index (χ1n) is 6.26. The second-order valence-electron chi connectivity index (χ2n) is 4.46. The summed E-state index contributed by atoms with van der Waals surface area (Å²) in [6, 6.07) is 7.61. The van der Waals surface area contributed by atoms with E-state index in [2.05, 4.69) is 20.6 Å². The van der Waals surface area contributed by atoms with Crippen LogP contribution >= 0.6 is 0 Å². The van der Waals surface area contributed by atoms with Crippen LogP contribution in [0.1, 0.15) is 6.92 Å². The van der Waals surface area contributed by atoms with Gasteiger partial charge in [0.25, 0.3) is 0 Å². The minimum atomic E-state index is -0.0604. The first-order valence-corrected chi connectivity index (χ1v) is 6.26. The van der Waals surface area contributed by atoms with Crippen molar-refractivity contribution in [2.75, 3.05) is 18.9 Å². The Labute approximate surface area is 112 Å². The fourth-order valence-corrected chi connectivity index (χ4v) is 1.80. The topological polar surface area (TPSA) is 69.8 Å². The molecular weight excluding hydrogens is 240 g/mol. The number of H-pyrrole nitrogens is 1. The number of aromatic nitrogens is 2. The molecule has 5 nitrogen and oxygen atoms in total. The van der Waals surface area contributed by atoms with Crippen LogP contribution < -0.4 is 10.6 Å². The van der Waals surface area contributed by atoms with Crippen molar-refractivity contribution in [3.63, 3.8) is 0 Å². The summed E-state index contributed by atoms with van der Waals surface area (Å²) in [5.74, 6) is 0.774. The summed E-state index contributed by atoms with van der Waals surface area (Å²) in [5, 5.41) is 5.88. The summed E-state index contributed by atoms with van der Waals surface area (Å²) >= 11 is 0. The van der Waals surface area contributed by atoms with E-state index < -0.39 is 0 Å². The quantitative estimate of drug-likeness (QED) is 0.766. The maximum absolute atomic E-state index is 11.8. The zero-order valence-electron chi connectivity index (χ0n) is 11.1. The van der Waals surface area contributed by atoms with Crippen molar-refractivity contribution in [3.05, 3.63) is 36.7 Å². The zero-order valence-corrected chi connectivity index (χ0v) is 11.1. The fourth-order valence-electron chi connectivity index (χ4n) is 1.80. The van der Waals surface area contributed by atoms with Crippen LogP contribution in [0, 0.1) is 5.92 Å². The van der Waals surface area contributed by atoms with Gasteiger partial charge in [-0.1, -0.05) is 6.92 Å². The Bertz CT molecular complexity index is 519. The highest BCUT2D eigenvalue weighted by atomic mass is 16.1. The molecule has 0 aliphatic rings. The van der Waals surface area contributed by atoms with Crippen LogP contribution in [-0.4, -0.2) is 29.5 Å². The van der Waals surface area contributed by atoms with E-state index in [0.29, 0.717) is 6.54 Å². The number of aromatic amines is 1. The van der Waals surface area contributed by atoms with E-state index in [0.717, 1.165) is 17.1 Å². The highest BCUT2D eigenvalue weighted by Crippen LogP contribution is 2.17. The fraction of sp³-hybridized carbons (Fsp3) is 0.286. The van der Waals surface area contributed by atoms with Gasteiger partial charge in [0, 0.05) is 36.1 Å². The van der Waals surface area contributed by atoms with Gasteiger partial charge in [-0.05, 0) is 31.3 Å². The van der Waals surface area contributed by atoms with Gasteiger partial charge in [-0.3, -0.25) is 4.79 Å². The highest BCUT2D eigenvalue weighted by Gasteiger charge is 2.11. The van der Waals surface area contributed by atoms with Crippen molar-refractivity contribution < 1.29 is 4.79 Å². The van der Waals surface area contributed by atoms with Crippen LogP contribution in [0.2, 0.25) is 0 Å². The first-order chi connectivity index (χ1) is 9.20. The lowest BCUT2D eigenvalue weighted by Crippen LogP contribution is -2.28. The van der Waals surface area contributed by atoms with Gasteiger partial charge in [-0.2, -0.15) is 0 Å². The molecule has 2 aromatic rings. The monoisotopic (exact) mass is 258 g/mol. The number of hydrogen-bond acceptors (Lipinski definition) is 3. The third kappa shape index (κ3) is 3.42. The van der Waals surface area contributed by atoms with Gasteiger partial charge in [0.05, 0.1) is 0 Å². The van der Waals surface area contributed by atoms with Gasteiger partial charge in [0.2, 0.25) is 5.91 Å². The van der Waals surface area contributed by atoms with Crippen molar-refractivity contribution >= 4 is 11.6 Å². The molecule has 100 valence electrons. The third-order valence-corrected chi connectivity index (χ3v) is 2.88. The van der Waals surface area contributed by atoms with Gasteiger partial charge >= 0.3 is 0 Å². The second kappa shape index (κ2) is 6.15. The van der Waals surface area contributed by atoms with Crippen molar-refractivity contribution in [2.45, 2.75) is 6.92 Å². The molecule has 0 saturated heterocycles. The van der Waals surface area contributed by atoms with Crippen LogP contribution in [-0.2, 0) is 4.79 Å². The lowest BCUT2D eigenvalue weighted by atomic mass is 10.1. The molecule has 0 aliphatic carbocycles. The number of benzene rings is 1. The normalized spacial score (nSPS) is 12.1. The van der Waals surface area contributed by atoms with E-state index in [9.17, 15) is 4.79 Å². The summed E-state index contributed by atoms with van der Waals surface area (Å²) in [5.41, 5.74) is 1.79. The Morgan fingerprint density at radius 1 is 1.37 bits per heavy atom. The number of carbonyl (C=O) groups excluding carboxylic acids is 1. The van der Waals surface area contributed by atoms with Gasteiger partial charge in [-0.25, -0.2) is 4.98 Å². The van der Waals surface area contributed by atoms with Gasteiger partial charge in [0.1, 0.15) is 5.82 Å². The number of anilines is 1. The molecule has 1 atom stereocenters. The van der Waals surface area contributed by atoms with Crippen molar-refractivity contribution in [1.29, 1.82) is 0 Å². The molecule has 0 bridgehead atoms. The Balaban J connectivity index is 2.01. The molecule has 1 aromatic carbocycles. The molecule has 1 aromatic heterocycles. The maximum atomic E-state index is 11.8. The molecule has 1 unspecified atom stereocenters. The average molecular weight is 258 g/mol. The van der Waals surface area contributed by atoms with Gasteiger partial charge in [0.15, 0.2) is 0 Å². The number of rotatable bonds is 5. The Hall–Kier alpha value is -2.14. The smallest absolute Gasteiger partial charge is 0.228 e. The molecule has 0 saturated carbocycles. The van der Waals surface area contributed by atoms with E-state index >= 15 is 0 Å². The van der Waals surface area contributed by atoms with E-state index in [1.54, 1.807) is 12.4 Å². The first kappa shape index (κ1) is 13.3. The lowest BCUT2D eigenvalue weighted by Gasteiger charge is -2.11. The molecule has 19 heavy (non-hydrogen) atoms. The Kier molecular flexibility index (Phi) is 4.30.